The molecule has 0 unspecified atom stereocenters. The van der Waals surface area contributed by atoms with Crippen LogP contribution < -0.4 is 10.6 Å². The van der Waals surface area contributed by atoms with Crippen LogP contribution in [0.2, 0.25) is 0 Å². The number of rotatable bonds is 7. The van der Waals surface area contributed by atoms with Crippen molar-refractivity contribution < 1.29 is 14.0 Å². The number of carbonyl (C=O) groups excluding carboxylic acids is 2. The summed E-state index contributed by atoms with van der Waals surface area (Å²) in [4.78, 5) is 27.3. The van der Waals surface area contributed by atoms with E-state index in [0.29, 0.717) is 17.3 Å². The number of anilines is 2. The zero-order valence-electron chi connectivity index (χ0n) is 18.3. The second-order valence-corrected chi connectivity index (χ2v) is 8.33. The van der Waals surface area contributed by atoms with Crippen LogP contribution in [0.15, 0.2) is 71.3 Å². The van der Waals surface area contributed by atoms with E-state index < -0.39 is 0 Å². The average Bonchev–Trinajstić information content (AvgIpc) is 3.37. The first-order valence-electron chi connectivity index (χ1n) is 11.1. The van der Waals surface area contributed by atoms with Crippen LogP contribution in [-0.4, -0.2) is 29.8 Å². The van der Waals surface area contributed by atoms with Gasteiger partial charge in [0, 0.05) is 29.5 Å². The van der Waals surface area contributed by atoms with Crippen molar-refractivity contribution >= 4 is 23.2 Å². The van der Waals surface area contributed by atoms with E-state index in [4.69, 9.17) is 4.42 Å². The van der Waals surface area contributed by atoms with Gasteiger partial charge in [-0.2, -0.15) is 0 Å². The van der Waals surface area contributed by atoms with E-state index in [-0.39, 0.29) is 17.6 Å². The topological polar surface area (TPSA) is 74.6 Å². The number of benzene rings is 2. The molecule has 0 spiro atoms. The van der Waals surface area contributed by atoms with Crippen molar-refractivity contribution in [1.29, 1.82) is 0 Å². The number of nitrogens with zero attached hydrogens (tertiary/aromatic N) is 1. The molecule has 0 saturated heterocycles. The minimum absolute atomic E-state index is 0.179. The van der Waals surface area contributed by atoms with E-state index in [9.17, 15) is 9.59 Å². The van der Waals surface area contributed by atoms with Gasteiger partial charge < -0.3 is 15.1 Å². The molecule has 1 aromatic heterocycles. The summed E-state index contributed by atoms with van der Waals surface area (Å²) in [5.41, 5.74) is 3.06. The summed E-state index contributed by atoms with van der Waals surface area (Å²) in [5, 5.41) is 5.80. The summed E-state index contributed by atoms with van der Waals surface area (Å²) in [6, 6.07) is 18.6. The molecular weight excluding hydrogens is 402 g/mol. The maximum Gasteiger partial charge on any atom is 0.291 e. The first-order chi connectivity index (χ1) is 15.6. The maximum atomic E-state index is 12.8. The zero-order chi connectivity index (χ0) is 22.3. The van der Waals surface area contributed by atoms with Gasteiger partial charge in [0.1, 0.15) is 0 Å². The lowest BCUT2D eigenvalue weighted by molar-refractivity contribution is 0.0995. The van der Waals surface area contributed by atoms with Gasteiger partial charge in [0.2, 0.25) is 0 Å². The van der Waals surface area contributed by atoms with Crippen LogP contribution in [0.3, 0.4) is 0 Å². The molecule has 0 radical (unpaired) electrons. The second kappa shape index (κ2) is 10.3. The molecule has 1 aliphatic carbocycles. The molecule has 166 valence electrons. The molecular formula is C26H29N3O3. The molecule has 0 aliphatic heterocycles. The van der Waals surface area contributed by atoms with Gasteiger partial charge in [-0.1, -0.05) is 37.5 Å². The summed E-state index contributed by atoms with van der Waals surface area (Å²) in [7, 11) is 2.17. The molecule has 2 amide bonds. The van der Waals surface area contributed by atoms with E-state index in [1.165, 1.54) is 38.4 Å². The molecule has 3 aromatic rings. The average molecular weight is 432 g/mol. The summed E-state index contributed by atoms with van der Waals surface area (Å²) in [6.07, 6.45) is 7.87. The molecule has 1 saturated carbocycles. The summed E-state index contributed by atoms with van der Waals surface area (Å²) < 4.78 is 5.09. The Labute approximate surface area is 188 Å². The van der Waals surface area contributed by atoms with Gasteiger partial charge in [0.05, 0.1) is 6.26 Å². The standard InChI is InChI=1S/C26H29N3O3/c1-29(22-9-3-2-4-10-22)18-20-8-5-6-11-23(20)28-25(30)19-13-15-21(16-14-19)27-26(31)24-12-7-17-32-24/h5-8,11-17,22H,2-4,9-10,18H2,1H3,(H,27,31)(H,28,30). The van der Waals surface area contributed by atoms with Crippen LogP contribution in [0, 0.1) is 0 Å². The number of nitrogens with one attached hydrogen (secondary N) is 2. The van der Waals surface area contributed by atoms with Crippen molar-refractivity contribution in [2.45, 2.75) is 44.7 Å². The van der Waals surface area contributed by atoms with Crippen molar-refractivity contribution in [3.05, 3.63) is 83.8 Å². The van der Waals surface area contributed by atoms with Gasteiger partial charge in [0.25, 0.3) is 11.8 Å². The van der Waals surface area contributed by atoms with Crippen molar-refractivity contribution in [2.24, 2.45) is 0 Å². The highest BCUT2D eigenvalue weighted by atomic mass is 16.3. The third kappa shape index (κ3) is 5.45. The lowest BCUT2D eigenvalue weighted by Crippen LogP contribution is -2.33. The van der Waals surface area contributed by atoms with Crippen LogP contribution in [0.4, 0.5) is 11.4 Å². The van der Waals surface area contributed by atoms with Gasteiger partial charge in [0.15, 0.2) is 5.76 Å². The Bertz CT molecular complexity index is 1040. The Balaban J connectivity index is 1.39. The lowest BCUT2D eigenvalue weighted by Gasteiger charge is -2.31. The Morgan fingerprint density at radius 3 is 2.38 bits per heavy atom. The molecule has 1 heterocycles. The van der Waals surface area contributed by atoms with Crippen LogP contribution in [0.5, 0.6) is 0 Å². The quantitative estimate of drug-likeness (QED) is 0.514. The van der Waals surface area contributed by atoms with Crippen LogP contribution in [-0.2, 0) is 6.54 Å². The highest BCUT2D eigenvalue weighted by molar-refractivity contribution is 6.05. The van der Waals surface area contributed by atoms with Crippen molar-refractivity contribution in [3.63, 3.8) is 0 Å². The fraction of sp³-hybridized carbons (Fsp3) is 0.308. The molecule has 1 aliphatic rings. The van der Waals surface area contributed by atoms with Crippen molar-refractivity contribution in [2.75, 3.05) is 17.7 Å². The highest BCUT2D eigenvalue weighted by Crippen LogP contribution is 2.25. The number of hydrogen-bond donors (Lipinski definition) is 2. The molecule has 4 rings (SSSR count). The smallest absolute Gasteiger partial charge is 0.291 e. The van der Waals surface area contributed by atoms with Gasteiger partial charge in [-0.05, 0) is 67.9 Å². The summed E-state index contributed by atoms with van der Waals surface area (Å²) >= 11 is 0. The van der Waals surface area contributed by atoms with E-state index in [2.05, 4.69) is 28.6 Å². The van der Waals surface area contributed by atoms with Gasteiger partial charge >= 0.3 is 0 Å². The Kier molecular flexibility index (Phi) is 7.02. The van der Waals surface area contributed by atoms with E-state index in [1.54, 1.807) is 36.4 Å². The van der Waals surface area contributed by atoms with Crippen molar-refractivity contribution in [1.82, 2.24) is 4.90 Å². The van der Waals surface area contributed by atoms with Crippen LogP contribution in [0.25, 0.3) is 0 Å². The third-order valence-electron chi connectivity index (χ3n) is 6.03. The van der Waals surface area contributed by atoms with E-state index in [1.807, 2.05) is 18.2 Å². The second-order valence-electron chi connectivity index (χ2n) is 8.33. The van der Waals surface area contributed by atoms with Crippen molar-refractivity contribution in [3.8, 4) is 0 Å². The molecule has 6 heteroatoms. The number of carbonyl (C=O) groups is 2. The Morgan fingerprint density at radius 1 is 0.906 bits per heavy atom. The van der Waals surface area contributed by atoms with Crippen LogP contribution >= 0.6 is 0 Å². The SMILES string of the molecule is CN(Cc1ccccc1NC(=O)c1ccc(NC(=O)c2ccco2)cc1)C1CCCCC1. The minimum Gasteiger partial charge on any atom is -0.459 e. The first kappa shape index (κ1) is 21.8. The molecule has 2 N–H and O–H groups in total. The van der Waals surface area contributed by atoms with Gasteiger partial charge in [-0.3, -0.25) is 14.5 Å². The first-order valence-corrected chi connectivity index (χ1v) is 11.1. The number of furan rings is 1. The van der Waals surface area contributed by atoms with Crippen LogP contribution in [0.1, 0.15) is 58.6 Å². The molecule has 6 nitrogen and oxygen atoms in total. The molecule has 0 bridgehead atoms. The number of hydrogen-bond acceptors (Lipinski definition) is 4. The summed E-state index contributed by atoms with van der Waals surface area (Å²) in [5.74, 6) is -0.272. The van der Waals surface area contributed by atoms with E-state index in [0.717, 1.165) is 17.8 Å². The minimum atomic E-state index is -0.330. The Hall–Kier alpha value is -3.38. The summed E-state index contributed by atoms with van der Waals surface area (Å²) in [6.45, 7) is 0.804. The fourth-order valence-corrected chi connectivity index (χ4v) is 4.20. The Morgan fingerprint density at radius 2 is 1.66 bits per heavy atom. The normalized spacial score (nSPS) is 14.3. The van der Waals surface area contributed by atoms with E-state index >= 15 is 0 Å². The molecule has 0 atom stereocenters. The van der Waals surface area contributed by atoms with Gasteiger partial charge in [-0.25, -0.2) is 0 Å². The zero-order valence-corrected chi connectivity index (χ0v) is 18.3. The number of para-hydroxylation sites is 1. The monoisotopic (exact) mass is 431 g/mol. The molecule has 2 aromatic carbocycles. The highest BCUT2D eigenvalue weighted by Gasteiger charge is 2.19. The molecule has 32 heavy (non-hydrogen) atoms. The third-order valence-corrected chi connectivity index (χ3v) is 6.03. The predicted octanol–water partition coefficient (Wildman–Crippen LogP) is 5.55. The predicted molar refractivity (Wildman–Crippen MR) is 126 cm³/mol. The van der Waals surface area contributed by atoms with Gasteiger partial charge in [-0.15, -0.1) is 0 Å². The fourth-order valence-electron chi connectivity index (χ4n) is 4.20. The molecule has 1 fully saturated rings. The largest absolute Gasteiger partial charge is 0.459 e. The maximum absolute atomic E-state index is 12.8. The lowest BCUT2D eigenvalue weighted by atomic mass is 9.94. The number of amides is 2.